The second kappa shape index (κ2) is 6.99. The first-order chi connectivity index (χ1) is 9.85. The van der Waals surface area contributed by atoms with E-state index in [9.17, 15) is 4.79 Å². The number of ether oxygens (including phenoxy) is 1. The monoisotopic (exact) mass is 296 g/mol. The lowest BCUT2D eigenvalue weighted by Gasteiger charge is -2.29. The van der Waals surface area contributed by atoms with E-state index in [4.69, 9.17) is 4.74 Å². The lowest BCUT2D eigenvalue weighted by atomic mass is 9.96. The van der Waals surface area contributed by atoms with Crippen LogP contribution in [0.3, 0.4) is 0 Å². The molecule has 4 nitrogen and oxygen atoms in total. The molecule has 4 heteroatoms. The molecule has 0 aliphatic heterocycles. The molecule has 0 heterocycles. The standard InChI is InChI=1S/C17H32N2O2/c1-12(13-9-10-13)19-15(14-7-5-6-8-14)11-18-16(20)21-17(2,3)4/h12-15,19H,5-11H2,1-4H3,(H,18,20). The number of carbonyl (C=O) groups excluding carboxylic acids is 1. The smallest absolute Gasteiger partial charge is 0.407 e. The van der Waals surface area contributed by atoms with Gasteiger partial charge in [-0.1, -0.05) is 12.8 Å². The summed E-state index contributed by atoms with van der Waals surface area (Å²) < 4.78 is 5.34. The maximum absolute atomic E-state index is 11.8. The van der Waals surface area contributed by atoms with Gasteiger partial charge in [0.25, 0.3) is 0 Å². The molecule has 0 radical (unpaired) electrons. The van der Waals surface area contributed by atoms with Crippen LogP contribution in [0, 0.1) is 11.8 Å². The first-order valence-electron chi connectivity index (χ1n) is 8.58. The Balaban J connectivity index is 1.81. The van der Waals surface area contributed by atoms with Crippen molar-refractivity contribution in [1.29, 1.82) is 0 Å². The first-order valence-corrected chi connectivity index (χ1v) is 8.58. The third kappa shape index (κ3) is 5.85. The predicted octanol–water partition coefficient (Wildman–Crippen LogP) is 3.46. The van der Waals surface area contributed by atoms with Crippen molar-refractivity contribution in [1.82, 2.24) is 10.6 Å². The van der Waals surface area contributed by atoms with Gasteiger partial charge >= 0.3 is 6.09 Å². The van der Waals surface area contributed by atoms with Gasteiger partial charge in [0, 0.05) is 18.6 Å². The van der Waals surface area contributed by atoms with Crippen LogP contribution in [0.2, 0.25) is 0 Å². The third-order valence-electron chi connectivity index (χ3n) is 4.64. The van der Waals surface area contributed by atoms with E-state index in [0.717, 1.165) is 5.92 Å². The van der Waals surface area contributed by atoms with Crippen LogP contribution in [0.15, 0.2) is 0 Å². The molecular formula is C17H32N2O2. The number of carbonyl (C=O) groups is 1. The Kier molecular flexibility index (Phi) is 5.53. The Labute approximate surface area is 129 Å². The Morgan fingerprint density at radius 2 is 1.76 bits per heavy atom. The topological polar surface area (TPSA) is 50.4 Å². The lowest BCUT2D eigenvalue weighted by Crippen LogP contribution is -2.49. The second-order valence-electron chi connectivity index (χ2n) is 7.83. The predicted molar refractivity (Wildman–Crippen MR) is 85.3 cm³/mol. The molecule has 2 fully saturated rings. The molecule has 122 valence electrons. The van der Waals surface area contributed by atoms with Crippen molar-refractivity contribution < 1.29 is 9.53 Å². The molecule has 0 aromatic carbocycles. The van der Waals surface area contributed by atoms with Crippen LogP contribution >= 0.6 is 0 Å². The van der Waals surface area contributed by atoms with E-state index in [1.807, 2.05) is 20.8 Å². The zero-order valence-electron chi connectivity index (χ0n) is 14.1. The minimum atomic E-state index is -0.429. The highest BCUT2D eigenvalue weighted by Crippen LogP contribution is 2.34. The Hall–Kier alpha value is -0.770. The highest BCUT2D eigenvalue weighted by molar-refractivity contribution is 5.67. The molecule has 2 aliphatic rings. The highest BCUT2D eigenvalue weighted by Gasteiger charge is 2.32. The Morgan fingerprint density at radius 1 is 1.14 bits per heavy atom. The van der Waals surface area contributed by atoms with Gasteiger partial charge in [0.05, 0.1) is 0 Å². The van der Waals surface area contributed by atoms with Crippen molar-refractivity contribution in [3.05, 3.63) is 0 Å². The summed E-state index contributed by atoms with van der Waals surface area (Å²) >= 11 is 0. The minimum absolute atomic E-state index is 0.300. The summed E-state index contributed by atoms with van der Waals surface area (Å²) in [4.78, 5) is 11.8. The summed E-state index contributed by atoms with van der Waals surface area (Å²) in [6.07, 6.45) is 7.62. The molecule has 2 saturated carbocycles. The molecule has 21 heavy (non-hydrogen) atoms. The molecule has 0 bridgehead atoms. The normalized spacial score (nSPS) is 22.9. The fraction of sp³-hybridized carbons (Fsp3) is 0.941. The SMILES string of the molecule is CC(NC(CNC(=O)OC(C)(C)C)C1CCCC1)C1CC1. The second-order valence-corrected chi connectivity index (χ2v) is 7.83. The van der Waals surface area contributed by atoms with Gasteiger partial charge < -0.3 is 15.4 Å². The summed E-state index contributed by atoms with van der Waals surface area (Å²) in [5.74, 6) is 1.54. The van der Waals surface area contributed by atoms with Gasteiger partial charge in [-0.2, -0.15) is 0 Å². The van der Waals surface area contributed by atoms with Crippen molar-refractivity contribution in [3.63, 3.8) is 0 Å². The largest absolute Gasteiger partial charge is 0.444 e. The van der Waals surface area contributed by atoms with Gasteiger partial charge in [-0.25, -0.2) is 4.79 Å². The average Bonchev–Trinajstić information content (AvgIpc) is 3.08. The Bertz CT molecular complexity index is 341. The van der Waals surface area contributed by atoms with Crippen LogP contribution in [0.4, 0.5) is 4.79 Å². The summed E-state index contributed by atoms with van der Waals surface area (Å²) in [5.41, 5.74) is -0.429. The number of nitrogens with one attached hydrogen (secondary N) is 2. The van der Waals surface area contributed by atoms with Crippen LogP contribution in [-0.4, -0.2) is 30.3 Å². The van der Waals surface area contributed by atoms with E-state index in [2.05, 4.69) is 17.6 Å². The minimum Gasteiger partial charge on any atom is -0.444 e. The quantitative estimate of drug-likeness (QED) is 0.789. The molecule has 0 aromatic heterocycles. The van der Waals surface area contributed by atoms with E-state index >= 15 is 0 Å². The summed E-state index contributed by atoms with van der Waals surface area (Å²) in [6, 6.07) is 0.951. The maximum Gasteiger partial charge on any atom is 0.407 e. The lowest BCUT2D eigenvalue weighted by molar-refractivity contribution is 0.0517. The average molecular weight is 296 g/mol. The molecule has 2 N–H and O–H groups in total. The number of alkyl carbamates (subject to hydrolysis) is 1. The van der Waals surface area contributed by atoms with E-state index in [1.165, 1.54) is 38.5 Å². The molecule has 1 amide bonds. The molecule has 2 atom stereocenters. The molecule has 2 aliphatic carbocycles. The van der Waals surface area contributed by atoms with Gasteiger partial charge in [0.1, 0.15) is 5.60 Å². The molecule has 2 rings (SSSR count). The van der Waals surface area contributed by atoms with Crippen molar-refractivity contribution in [2.24, 2.45) is 11.8 Å². The van der Waals surface area contributed by atoms with Gasteiger partial charge in [0.2, 0.25) is 0 Å². The summed E-state index contributed by atoms with van der Waals surface area (Å²) in [5, 5.41) is 6.73. The maximum atomic E-state index is 11.8. The third-order valence-corrected chi connectivity index (χ3v) is 4.64. The van der Waals surface area contributed by atoms with Crippen LogP contribution in [0.1, 0.15) is 66.2 Å². The number of hydrogen-bond donors (Lipinski definition) is 2. The van der Waals surface area contributed by atoms with Gasteiger partial charge in [-0.15, -0.1) is 0 Å². The number of hydrogen-bond acceptors (Lipinski definition) is 3. The van der Waals surface area contributed by atoms with Crippen molar-refractivity contribution in [2.75, 3.05) is 6.54 Å². The van der Waals surface area contributed by atoms with E-state index in [-0.39, 0.29) is 6.09 Å². The van der Waals surface area contributed by atoms with Crippen molar-refractivity contribution in [2.45, 2.75) is 83.9 Å². The summed E-state index contributed by atoms with van der Waals surface area (Å²) in [7, 11) is 0. The molecule has 0 aromatic rings. The van der Waals surface area contributed by atoms with E-state index < -0.39 is 5.60 Å². The molecule has 2 unspecified atom stereocenters. The molecular weight excluding hydrogens is 264 g/mol. The summed E-state index contributed by atoms with van der Waals surface area (Å²) in [6.45, 7) is 8.65. The number of rotatable bonds is 6. The highest BCUT2D eigenvalue weighted by atomic mass is 16.6. The molecule has 0 saturated heterocycles. The zero-order chi connectivity index (χ0) is 15.5. The first kappa shape index (κ1) is 16.6. The fourth-order valence-corrected chi connectivity index (χ4v) is 3.30. The van der Waals surface area contributed by atoms with Gasteiger partial charge in [-0.3, -0.25) is 0 Å². The Morgan fingerprint density at radius 3 is 2.29 bits per heavy atom. The number of amides is 1. The van der Waals surface area contributed by atoms with Crippen molar-refractivity contribution >= 4 is 6.09 Å². The van der Waals surface area contributed by atoms with Crippen molar-refractivity contribution in [3.8, 4) is 0 Å². The van der Waals surface area contributed by atoms with Crippen LogP contribution in [0.5, 0.6) is 0 Å². The van der Waals surface area contributed by atoms with Gasteiger partial charge in [0.15, 0.2) is 0 Å². The van der Waals surface area contributed by atoms with E-state index in [0.29, 0.717) is 24.5 Å². The van der Waals surface area contributed by atoms with Crippen LogP contribution in [0.25, 0.3) is 0 Å². The molecule has 0 spiro atoms. The van der Waals surface area contributed by atoms with Crippen LogP contribution < -0.4 is 10.6 Å². The fourth-order valence-electron chi connectivity index (χ4n) is 3.30. The zero-order valence-corrected chi connectivity index (χ0v) is 14.1. The van der Waals surface area contributed by atoms with Gasteiger partial charge in [-0.05, 0) is 65.2 Å². The van der Waals surface area contributed by atoms with Crippen LogP contribution in [-0.2, 0) is 4.74 Å². The van der Waals surface area contributed by atoms with E-state index in [1.54, 1.807) is 0 Å².